The third kappa shape index (κ3) is 3.24. The normalized spacial score (nSPS) is 19.2. The van der Waals surface area contributed by atoms with Crippen molar-refractivity contribution in [3.8, 4) is 17.2 Å². The van der Waals surface area contributed by atoms with E-state index >= 15 is 0 Å². The number of benzene rings is 3. The zero-order chi connectivity index (χ0) is 22.2. The molecule has 0 radical (unpaired) electrons. The van der Waals surface area contributed by atoms with Crippen molar-refractivity contribution in [3.05, 3.63) is 89.5 Å². The number of rotatable bonds is 3. The van der Waals surface area contributed by atoms with Crippen molar-refractivity contribution in [3.63, 3.8) is 0 Å². The van der Waals surface area contributed by atoms with Gasteiger partial charge >= 0.3 is 0 Å². The molecule has 2 N–H and O–H groups in total. The molecule has 0 aromatic heterocycles. The molecule has 0 bridgehead atoms. The van der Waals surface area contributed by atoms with E-state index in [1.807, 2.05) is 0 Å². The molecule has 32 heavy (non-hydrogen) atoms. The van der Waals surface area contributed by atoms with Crippen molar-refractivity contribution in [1.29, 1.82) is 0 Å². The fraction of sp³-hybridized carbons (Fsp3) is 0.120. The minimum absolute atomic E-state index is 0.0134. The molecule has 1 fully saturated rings. The lowest BCUT2D eigenvalue weighted by Crippen LogP contribution is -2.29. The van der Waals surface area contributed by atoms with E-state index in [1.165, 1.54) is 17.0 Å². The van der Waals surface area contributed by atoms with Crippen molar-refractivity contribution < 1.29 is 29.3 Å². The molecule has 2 aliphatic rings. The number of carbonyl (C=O) groups is 2. The molecular formula is C25H19NO6. The van der Waals surface area contributed by atoms with Gasteiger partial charge in [0.1, 0.15) is 24.7 Å². The van der Waals surface area contributed by atoms with Gasteiger partial charge in [0, 0.05) is 11.3 Å². The third-order valence-corrected chi connectivity index (χ3v) is 5.48. The van der Waals surface area contributed by atoms with Crippen molar-refractivity contribution in [1.82, 2.24) is 0 Å². The predicted octanol–water partition coefficient (Wildman–Crippen LogP) is 3.79. The molecule has 1 atom stereocenters. The molecule has 3 aromatic carbocycles. The summed E-state index contributed by atoms with van der Waals surface area (Å²) in [6.45, 7) is 0.803. The second kappa shape index (κ2) is 7.77. The Balaban J connectivity index is 1.70. The van der Waals surface area contributed by atoms with Crippen LogP contribution >= 0.6 is 0 Å². The molecule has 1 saturated heterocycles. The van der Waals surface area contributed by atoms with E-state index in [1.54, 1.807) is 60.7 Å². The van der Waals surface area contributed by atoms with Crippen molar-refractivity contribution in [2.45, 2.75) is 6.04 Å². The van der Waals surface area contributed by atoms with Crippen LogP contribution in [0.15, 0.2) is 78.4 Å². The Kier molecular flexibility index (Phi) is 4.78. The van der Waals surface area contributed by atoms with Gasteiger partial charge in [-0.25, -0.2) is 0 Å². The van der Waals surface area contributed by atoms with Gasteiger partial charge in [-0.15, -0.1) is 0 Å². The minimum Gasteiger partial charge on any atom is -0.508 e. The number of hydrogen-bond donors (Lipinski definition) is 2. The maximum absolute atomic E-state index is 13.1. The van der Waals surface area contributed by atoms with E-state index in [4.69, 9.17) is 9.47 Å². The molecule has 7 heteroatoms. The smallest absolute Gasteiger partial charge is 0.300 e. The second-order valence-corrected chi connectivity index (χ2v) is 7.46. The lowest BCUT2D eigenvalue weighted by molar-refractivity contribution is -0.132. The number of phenolic OH excluding ortho intramolecular Hbond substituents is 1. The SMILES string of the molecule is O=C1C(=O)N(c2ccccc2)C(c2cccc(O)c2)/C1=C(/O)c1ccc2c(c1)OCCO2. The van der Waals surface area contributed by atoms with Crippen LogP contribution in [0, 0.1) is 0 Å². The van der Waals surface area contributed by atoms with Gasteiger partial charge in [0.15, 0.2) is 11.5 Å². The van der Waals surface area contributed by atoms with Gasteiger partial charge in [-0.1, -0.05) is 30.3 Å². The average molecular weight is 429 g/mol. The molecule has 3 aromatic rings. The molecule has 0 spiro atoms. The van der Waals surface area contributed by atoms with Gasteiger partial charge in [-0.2, -0.15) is 0 Å². The molecule has 2 aliphatic heterocycles. The summed E-state index contributed by atoms with van der Waals surface area (Å²) in [6.07, 6.45) is 0. The van der Waals surface area contributed by atoms with Crippen LogP contribution in [-0.2, 0) is 9.59 Å². The van der Waals surface area contributed by atoms with Crippen LogP contribution < -0.4 is 14.4 Å². The number of phenols is 1. The number of carbonyl (C=O) groups excluding carboxylic acids is 2. The Morgan fingerprint density at radius 1 is 0.875 bits per heavy atom. The molecule has 0 aliphatic carbocycles. The maximum Gasteiger partial charge on any atom is 0.300 e. The van der Waals surface area contributed by atoms with Gasteiger partial charge in [0.2, 0.25) is 0 Å². The highest BCUT2D eigenvalue weighted by Gasteiger charge is 2.47. The lowest BCUT2D eigenvalue weighted by atomic mass is 9.95. The van der Waals surface area contributed by atoms with Gasteiger partial charge in [-0.05, 0) is 48.0 Å². The fourth-order valence-corrected chi connectivity index (χ4v) is 4.04. The van der Waals surface area contributed by atoms with Crippen LogP contribution in [-0.4, -0.2) is 35.1 Å². The highest BCUT2D eigenvalue weighted by atomic mass is 16.6. The maximum atomic E-state index is 13.1. The number of hydrogen-bond acceptors (Lipinski definition) is 6. The van der Waals surface area contributed by atoms with Gasteiger partial charge in [0.25, 0.3) is 11.7 Å². The van der Waals surface area contributed by atoms with Crippen LogP contribution in [0.5, 0.6) is 17.2 Å². The second-order valence-electron chi connectivity index (χ2n) is 7.46. The first kappa shape index (κ1) is 19.7. The quantitative estimate of drug-likeness (QED) is 0.374. The zero-order valence-corrected chi connectivity index (χ0v) is 16.9. The number of anilines is 1. The number of ether oxygens (including phenoxy) is 2. The summed E-state index contributed by atoms with van der Waals surface area (Å²) in [5.41, 5.74) is 1.25. The summed E-state index contributed by atoms with van der Waals surface area (Å²) in [7, 11) is 0. The van der Waals surface area contributed by atoms with Crippen LogP contribution in [0.25, 0.3) is 5.76 Å². The van der Waals surface area contributed by atoms with Crippen LogP contribution in [0.2, 0.25) is 0 Å². The predicted molar refractivity (Wildman–Crippen MR) is 117 cm³/mol. The molecule has 1 amide bonds. The minimum atomic E-state index is -0.919. The number of para-hydroxylation sites is 1. The van der Waals surface area contributed by atoms with Gasteiger partial charge in [-0.3, -0.25) is 14.5 Å². The summed E-state index contributed by atoms with van der Waals surface area (Å²) < 4.78 is 11.1. The first-order valence-corrected chi connectivity index (χ1v) is 10.1. The Labute approximate surface area is 183 Å². The number of amides is 1. The average Bonchev–Trinajstić information content (AvgIpc) is 3.09. The van der Waals surface area contributed by atoms with E-state index in [0.29, 0.717) is 41.5 Å². The molecule has 2 heterocycles. The highest BCUT2D eigenvalue weighted by Crippen LogP contribution is 2.43. The summed E-state index contributed by atoms with van der Waals surface area (Å²) >= 11 is 0. The fourth-order valence-electron chi connectivity index (χ4n) is 4.04. The van der Waals surface area contributed by atoms with Crippen LogP contribution in [0.3, 0.4) is 0 Å². The lowest BCUT2D eigenvalue weighted by Gasteiger charge is -2.25. The van der Waals surface area contributed by atoms with E-state index in [-0.39, 0.29) is 17.1 Å². The summed E-state index contributed by atoms with van der Waals surface area (Å²) in [5, 5.41) is 21.2. The van der Waals surface area contributed by atoms with Gasteiger partial charge < -0.3 is 19.7 Å². The number of nitrogens with zero attached hydrogens (tertiary/aromatic N) is 1. The number of fused-ring (bicyclic) bond motifs is 1. The van der Waals surface area contributed by atoms with E-state index in [9.17, 15) is 19.8 Å². The zero-order valence-electron chi connectivity index (χ0n) is 16.9. The Hall–Kier alpha value is -4.26. The number of aromatic hydroxyl groups is 1. The monoisotopic (exact) mass is 429 g/mol. The highest BCUT2D eigenvalue weighted by molar-refractivity contribution is 6.51. The summed E-state index contributed by atoms with van der Waals surface area (Å²) in [6, 6.07) is 19.0. The number of ketones is 1. The number of aliphatic hydroxyl groups excluding tert-OH is 1. The van der Waals surface area contributed by atoms with Crippen molar-refractivity contribution >= 4 is 23.1 Å². The number of aliphatic hydroxyl groups is 1. The van der Waals surface area contributed by atoms with Crippen molar-refractivity contribution in [2.24, 2.45) is 0 Å². The Morgan fingerprint density at radius 3 is 2.38 bits per heavy atom. The van der Waals surface area contributed by atoms with Crippen LogP contribution in [0.4, 0.5) is 5.69 Å². The third-order valence-electron chi connectivity index (χ3n) is 5.48. The summed E-state index contributed by atoms with van der Waals surface area (Å²) in [4.78, 5) is 27.5. The van der Waals surface area contributed by atoms with E-state index in [2.05, 4.69) is 0 Å². The Bertz CT molecular complexity index is 1250. The van der Waals surface area contributed by atoms with E-state index in [0.717, 1.165) is 0 Å². The molecule has 160 valence electrons. The number of Topliss-reactive ketones (excluding diaryl/α,β-unsaturated/α-hetero) is 1. The molecule has 0 saturated carbocycles. The summed E-state index contributed by atoms with van der Waals surface area (Å²) in [5.74, 6) is -0.917. The van der Waals surface area contributed by atoms with Crippen LogP contribution in [0.1, 0.15) is 17.2 Å². The first-order valence-electron chi connectivity index (χ1n) is 10.1. The largest absolute Gasteiger partial charge is 0.508 e. The topological polar surface area (TPSA) is 96.3 Å². The molecule has 7 nitrogen and oxygen atoms in total. The van der Waals surface area contributed by atoms with Crippen molar-refractivity contribution in [2.75, 3.05) is 18.1 Å². The first-order chi connectivity index (χ1) is 15.5. The molecule has 5 rings (SSSR count). The standard InChI is InChI=1S/C25H19NO6/c27-18-8-4-5-15(13-18)22-21(24(29)25(30)26(22)17-6-2-1-3-7-17)23(28)16-9-10-19-20(14-16)32-12-11-31-19/h1-10,13-14,22,27-28H,11-12H2/b23-21-. The Morgan fingerprint density at radius 2 is 1.62 bits per heavy atom. The van der Waals surface area contributed by atoms with E-state index < -0.39 is 17.7 Å². The molecule has 1 unspecified atom stereocenters. The molecular weight excluding hydrogens is 410 g/mol. The van der Waals surface area contributed by atoms with Gasteiger partial charge in [0.05, 0.1) is 11.6 Å².